The second-order valence-corrected chi connectivity index (χ2v) is 3.96. The van der Waals surface area contributed by atoms with E-state index < -0.39 is 0 Å². The van der Waals surface area contributed by atoms with Crippen LogP contribution in [0.5, 0.6) is 0 Å². The molecule has 0 heterocycles. The van der Waals surface area contributed by atoms with E-state index in [1.54, 1.807) is 0 Å². The van der Waals surface area contributed by atoms with Crippen LogP contribution in [0, 0.1) is 0 Å². The summed E-state index contributed by atoms with van der Waals surface area (Å²) in [6, 6.07) is 0.195. The minimum absolute atomic E-state index is 0.114. The van der Waals surface area contributed by atoms with Crippen LogP contribution in [0.3, 0.4) is 0 Å². The number of nitrogens with two attached hydrogens (primary N) is 1. The molecule has 1 unspecified atom stereocenters. The first-order valence-electron chi connectivity index (χ1n) is 5.18. The molecule has 14 heavy (non-hydrogen) atoms. The quantitative estimate of drug-likeness (QED) is 0.637. The van der Waals surface area contributed by atoms with E-state index in [0.717, 1.165) is 12.8 Å². The normalized spacial score (nSPS) is 12.0. The fourth-order valence-corrected chi connectivity index (χ4v) is 1.04. The van der Waals surface area contributed by atoms with Crippen molar-refractivity contribution in [3.8, 4) is 0 Å². The molecule has 1 atom stereocenters. The van der Waals surface area contributed by atoms with Crippen molar-refractivity contribution in [1.82, 2.24) is 5.32 Å². The monoisotopic (exact) mass is 198 g/mol. The number of hydrogen-bond donors (Lipinski definition) is 2. The molecule has 0 fully saturated rings. The average Bonchev–Trinajstić information content (AvgIpc) is 2.02. The summed E-state index contributed by atoms with van der Waals surface area (Å²) < 4.78 is 0. The van der Waals surface area contributed by atoms with Gasteiger partial charge in [-0.3, -0.25) is 4.79 Å². The second-order valence-electron chi connectivity index (χ2n) is 3.96. The molecule has 0 aliphatic rings. The Kier molecular flexibility index (Phi) is 7.11. The SMILES string of the molecule is CC(C)=CCNC(=O)CCCC(C)N. The van der Waals surface area contributed by atoms with Gasteiger partial charge in [0.2, 0.25) is 5.91 Å². The zero-order valence-electron chi connectivity index (χ0n) is 9.47. The smallest absolute Gasteiger partial charge is 0.220 e. The van der Waals surface area contributed by atoms with Crippen LogP contribution >= 0.6 is 0 Å². The first-order valence-corrected chi connectivity index (χ1v) is 5.18. The van der Waals surface area contributed by atoms with Gasteiger partial charge in [-0.2, -0.15) is 0 Å². The summed E-state index contributed by atoms with van der Waals surface area (Å²) in [5.41, 5.74) is 6.80. The van der Waals surface area contributed by atoms with Gasteiger partial charge in [-0.25, -0.2) is 0 Å². The lowest BCUT2D eigenvalue weighted by atomic mass is 10.1. The summed E-state index contributed by atoms with van der Waals surface area (Å²) in [4.78, 5) is 11.2. The summed E-state index contributed by atoms with van der Waals surface area (Å²) in [6.45, 7) is 6.63. The third-order valence-corrected chi connectivity index (χ3v) is 1.87. The van der Waals surface area contributed by atoms with Crippen molar-refractivity contribution in [3.05, 3.63) is 11.6 Å². The minimum Gasteiger partial charge on any atom is -0.353 e. The minimum atomic E-state index is 0.114. The first kappa shape index (κ1) is 13.2. The maximum Gasteiger partial charge on any atom is 0.220 e. The van der Waals surface area contributed by atoms with Crippen LogP contribution in [-0.4, -0.2) is 18.5 Å². The summed E-state index contributed by atoms with van der Waals surface area (Å²) in [5, 5.41) is 2.83. The third kappa shape index (κ3) is 9.26. The first-order chi connectivity index (χ1) is 6.52. The molecule has 0 aromatic rings. The number of rotatable bonds is 6. The lowest BCUT2D eigenvalue weighted by Crippen LogP contribution is -2.24. The molecular formula is C11H22N2O. The van der Waals surface area contributed by atoms with Gasteiger partial charge in [-0.1, -0.05) is 11.6 Å². The summed E-state index contributed by atoms with van der Waals surface area (Å²) in [7, 11) is 0. The number of nitrogens with one attached hydrogen (secondary N) is 1. The van der Waals surface area contributed by atoms with Crippen molar-refractivity contribution in [3.63, 3.8) is 0 Å². The van der Waals surface area contributed by atoms with Crippen LogP contribution in [0.15, 0.2) is 11.6 Å². The largest absolute Gasteiger partial charge is 0.353 e. The predicted octanol–water partition coefficient (Wildman–Crippen LogP) is 1.59. The Balaban J connectivity index is 3.42. The van der Waals surface area contributed by atoms with Gasteiger partial charge >= 0.3 is 0 Å². The van der Waals surface area contributed by atoms with E-state index in [0.29, 0.717) is 13.0 Å². The highest BCUT2D eigenvalue weighted by molar-refractivity contribution is 5.75. The highest BCUT2D eigenvalue weighted by Gasteiger charge is 2.00. The van der Waals surface area contributed by atoms with E-state index in [4.69, 9.17) is 5.73 Å². The highest BCUT2D eigenvalue weighted by Crippen LogP contribution is 1.97. The molecule has 0 rings (SSSR count). The number of amides is 1. The van der Waals surface area contributed by atoms with Crippen LogP contribution in [0.2, 0.25) is 0 Å². The van der Waals surface area contributed by atoms with Crippen LogP contribution < -0.4 is 11.1 Å². The Bertz CT molecular complexity index is 193. The van der Waals surface area contributed by atoms with Crippen molar-refractivity contribution >= 4 is 5.91 Å². The van der Waals surface area contributed by atoms with Crippen molar-refractivity contribution < 1.29 is 4.79 Å². The maximum atomic E-state index is 11.2. The molecular weight excluding hydrogens is 176 g/mol. The molecule has 3 nitrogen and oxygen atoms in total. The summed E-state index contributed by atoms with van der Waals surface area (Å²) in [5.74, 6) is 0.114. The van der Waals surface area contributed by atoms with E-state index in [-0.39, 0.29) is 11.9 Å². The Morgan fingerprint density at radius 3 is 2.64 bits per heavy atom. The van der Waals surface area contributed by atoms with Gasteiger partial charge in [0.1, 0.15) is 0 Å². The summed E-state index contributed by atoms with van der Waals surface area (Å²) >= 11 is 0. The Labute approximate surface area is 86.8 Å². The average molecular weight is 198 g/mol. The number of carbonyl (C=O) groups excluding carboxylic acids is 1. The van der Waals surface area contributed by atoms with Gasteiger partial charge in [0.25, 0.3) is 0 Å². The van der Waals surface area contributed by atoms with E-state index in [1.807, 2.05) is 26.8 Å². The molecule has 0 aromatic carbocycles. The lowest BCUT2D eigenvalue weighted by molar-refractivity contribution is -0.121. The number of allylic oxidation sites excluding steroid dienone is 1. The van der Waals surface area contributed by atoms with Crippen LogP contribution in [0.25, 0.3) is 0 Å². The van der Waals surface area contributed by atoms with Gasteiger partial charge in [0, 0.05) is 19.0 Å². The number of hydrogen-bond acceptors (Lipinski definition) is 2. The van der Waals surface area contributed by atoms with Gasteiger partial charge < -0.3 is 11.1 Å². The van der Waals surface area contributed by atoms with Crippen molar-refractivity contribution in [2.75, 3.05) is 6.54 Å². The van der Waals surface area contributed by atoms with E-state index >= 15 is 0 Å². The molecule has 0 saturated carbocycles. The maximum absolute atomic E-state index is 11.2. The molecule has 0 radical (unpaired) electrons. The Morgan fingerprint density at radius 1 is 1.50 bits per heavy atom. The molecule has 82 valence electrons. The molecule has 0 saturated heterocycles. The van der Waals surface area contributed by atoms with Gasteiger partial charge in [0.15, 0.2) is 0 Å². The fourth-order valence-electron chi connectivity index (χ4n) is 1.04. The van der Waals surface area contributed by atoms with Crippen LogP contribution in [0.4, 0.5) is 0 Å². The van der Waals surface area contributed by atoms with Gasteiger partial charge in [-0.15, -0.1) is 0 Å². The molecule has 0 aliphatic carbocycles. The summed E-state index contributed by atoms with van der Waals surface area (Å²) in [6.07, 6.45) is 4.37. The third-order valence-electron chi connectivity index (χ3n) is 1.87. The molecule has 0 aliphatic heterocycles. The molecule has 1 amide bonds. The number of carbonyl (C=O) groups is 1. The topological polar surface area (TPSA) is 55.1 Å². The molecule has 0 aromatic heterocycles. The molecule has 0 bridgehead atoms. The lowest BCUT2D eigenvalue weighted by Gasteiger charge is -2.04. The van der Waals surface area contributed by atoms with Gasteiger partial charge in [0.05, 0.1) is 0 Å². The molecule has 3 N–H and O–H groups in total. The van der Waals surface area contributed by atoms with Crippen molar-refractivity contribution in [1.29, 1.82) is 0 Å². The predicted molar refractivity (Wildman–Crippen MR) is 59.9 cm³/mol. The van der Waals surface area contributed by atoms with E-state index in [2.05, 4.69) is 5.32 Å². The Morgan fingerprint density at radius 2 is 2.14 bits per heavy atom. The second kappa shape index (κ2) is 7.56. The molecule has 0 spiro atoms. The van der Waals surface area contributed by atoms with Gasteiger partial charge in [-0.05, 0) is 33.6 Å². The fraction of sp³-hybridized carbons (Fsp3) is 0.727. The zero-order valence-corrected chi connectivity index (χ0v) is 9.47. The molecule has 3 heteroatoms. The van der Waals surface area contributed by atoms with E-state index in [9.17, 15) is 4.79 Å². The van der Waals surface area contributed by atoms with Crippen LogP contribution in [0.1, 0.15) is 40.0 Å². The standard InChI is InChI=1S/C11H22N2O/c1-9(2)7-8-13-11(14)6-4-5-10(3)12/h7,10H,4-6,8,12H2,1-3H3,(H,13,14). The van der Waals surface area contributed by atoms with Crippen molar-refractivity contribution in [2.45, 2.75) is 46.1 Å². The highest BCUT2D eigenvalue weighted by atomic mass is 16.1. The van der Waals surface area contributed by atoms with E-state index in [1.165, 1.54) is 5.57 Å². The zero-order chi connectivity index (χ0) is 11.0. The van der Waals surface area contributed by atoms with Crippen molar-refractivity contribution in [2.24, 2.45) is 5.73 Å². The van der Waals surface area contributed by atoms with Crippen LogP contribution in [-0.2, 0) is 4.79 Å². The Hall–Kier alpha value is -0.830.